The van der Waals surface area contributed by atoms with Gasteiger partial charge in [-0.15, -0.1) is 0 Å². The first kappa shape index (κ1) is 18.1. The number of hydrogen-bond donors (Lipinski definition) is 0. The summed E-state index contributed by atoms with van der Waals surface area (Å²) in [4.78, 5) is 28.5. The highest BCUT2D eigenvalue weighted by Gasteiger charge is 2.27. The van der Waals surface area contributed by atoms with E-state index in [2.05, 4.69) is 0 Å². The second-order valence-corrected chi connectivity index (χ2v) is 6.00. The van der Waals surface area contributed by atoms with Gasteiger partial charge in [-0.2, -0.15) is 0 Å². The monoisotopic (exact) mass is 334 g/mol. The molecular weight excluding hydrogens is 308 g/mol. The second-order valence-electron chi connectivity index (χ2n) is 6.00. The van der Waals surface area contributed by atoms with E-state index in [1.54, 1.807) is 37.3 Å². The number of amides is 2. The van der Waals surface area contributed by atoms with Crippen LogP contribution < -0.4 is 9.47 Å². The lowest BCUT2D eigenvalue weighted by molar-refractivity contribution is -0.136. The Morgan fingerprint density at radius 1 is 1.04 bits per heavy atom. The third-order valence-electron chi connectivity index (χ3n) is 4.54. The van der Waals surface area contributed by atoms with Crippen LogP contribution in [0.25, 0.3) is 0 Å². The number of carbonyl (C=O) groups is 2. The van der Waals surface area contributed by atoms with Crippen molar-refractivity contribution in [1.82, 2.24) is 9.80 Å². The Morgan fingerprint density at radius 3 is 2.17 bits per heavy atom. The average molecular weight is 334 g/mol. The summed E-state index contributed by atoms with van der Waals surface area (Å²) in [6.07, 6.45) is 0.837. The molecule has 2 rings (SSSR count). The summed E-state index contributed by atoms with van der Waals surface area (Å²) in [5.74, 6) is 1.30. The highest BCUT2D eigenvalue weighted by molar-refractivity contribution is 5.95. The summed E-state index contributed by atoms with van der Waals surface area (Å²) in [7, 11) is 3.11. The number of nitrogens with zero attached hydrogens (tertiary/aromatic N) is 2. The molecule has 6 nitrogen and oxygen atoms in total. The summed E-state index contributed by atoms with van der Waals surface area (Å²) in [5.41, 5.74) is 0.564. The summed E-state index contributed by atoms with van der Waals surface area (Å²) in [5, 5.41) is 0. The SMILES string of the molecule is CCC(C)C(=O)N1CCN(C(=O)c2ccc(OC)c(OC)c2)CC1. The zero-order valence-corrected chi connectivity index (χ0v) is 14.9. The maximum absolute atomic E-state index is 12.7. The Hall–Kier alpha value is -2.24. The van der Waals surface area contributed by atoms with Gasteiger partial charge in [-0.3, -0.25) is 9.59 Å². The minimum absolute atomic E-state index is 0.0399. The van der Waals surface area contributed by atoms with Crippen molar-refractivity contribution >= 4 is 11.8 Å². The zero-order chi connectivity index (χ0) is 17.7. The molecule has 1 aliphatic rings. The number of ether oxygens (including phenoxy) is 2. The van der Waals surface area contributed by atoms with Gasteiger partial charge in [0, 0.05) is 37.7 Å². The van der Waals surface area contributed by atoms with E-state index in [1.165, 1.54) is 0 Å². The number of rotatable bonds is 5. The minimum atomic E-state index is -0.0495. The Labute approximate surface area is 143 Å². The van der Waals surface area contributed by atoms with Gasteiger partial charge < -0.3 is 19.3 Å². The fourth-order valence-electron chi connectivity index (χ4n) is 2.77. The predicted octanol–water partition coefficient (Wildman–Crippen LogP) is 2.03. The van der Waals surface area contributed by atoms with Gasteiger partial charge in [0.1, 0.15) is 0 Å². The van der Waals surface area contributed by atoms with Crippen LogP contribution in [0.15, 0.2) is 18.2 Å². The van der Waals surface area contributed by atoms with Crippen molar-refractivity contribution < 1.29 is 19.1 Å². The molecule has 1 aromatic carbocycles. The van der Waals surface area contributed by atoms with Gasteiger partial charge in [0.15, 0.2) is 11.5 Å². The second kappa shape index (κ2) is 8.04. The largest absolute Gasteiger partial charge is 0.493 e. The van der Waals surface area contributed by atoms with E-state index < -0.39 is 0 Å². The van der Waals surface area contributed by atoms with Crippen molar-refractivity contribution in [3.05, 3.63) is 23.8 Å². The molecule has 1 aromatic rings. The average Bonchev–Trinajstić information content (AvgIpc) is 2.65. The molecule has 132 valence electrons. The summed E-state index contributed by atoms with van der Waals surface area (Å²) >= 11 is 0. The Balaban J connectivity index is 2.01. The molecule has 1 fully saturated rings. The molecule has 24 heavy (non-hydrogen) atoms. The maximum atomic E-state index is 12.7. The first-order valence-corrected chi connectivity index (χ1v) is 8.31. The van der Waals surface area contributed by atoms with Crippen molar-refractivity contribution in [2.24, 2.45) is 5.92 Å². The van der Waals surface area contributed by atoms with Crippen molar-refractivity contribution in [2.75, 3.05) is 40.4 Å². The van der Waals surface area contributed by atoms with Crippen LogP contribution in [0, 0.1) is 5.92 Å². The molecule has 6 heteroatoms. The van der Waals surface area contributed by atoms with Gasteiger partial charge >= 0.3 is 0 Å². The number of hydrogen-bond acceptors (Lipinski definition) is 4. The van der Waals surface area contributed by atoms with Crippen molar-refractivity contribution in [3.63, 3.8) is 0 Å². The van der Waals surface area contributed by atoms with Crippen LogP contribution in [0.1, 0.15) is 30.6 Å². The van der Waals surface area contributed by atoms with Crippen LogP contribution >= 0.6 is 0 Å². The first-order chi connectivity index (χ1) is 11.5. The number of methoxy groups -OCH3 is 2. The predicted molar refractivity (Wildman–Crippen MR) is 91.5 cm³/mol. The fourth-order valence-corrected chi connectivity index (χ4v) is 2.77. The normalized spacial score (nSPS) is 15.8. The van der Waals surface area contributed by atoms with E-state index in [0.29, 0.717) is 43.2 Å². The quantitative estimate of drug-likeness (QED) is 0.827. The van der Waals surface area contributed by atoms with Crippen LogP contribution in [-0.4, -0.2) is 62.0 Å². The Kier molecular flexibility index (Phi) is 6.06. The molecule has 1 aliphatic heterocycles. The van der Waals surface area contributed by atoms with Crippen LogP contribution in [0.2, 0.25) is 0 Å². The van der Waals surface area contributed by atoms with Crippen LogP contribution in [0.4, 0.5) is 0 Å². The molecule has 0 aliphatic carbocycles. The number of piperazine rings is 1. The summed E-state index contributed by atoms with van der Waals surface area (Å²) < 4.78 is 10.4. The van der Waals surface area contributed by atoms with Crippen molar-refractivity contribution in [2.45, 2.75) is 20.3 Å². The third-order valence-corrected chi connectivity index (χ3v) is 4.54. The van der Waals surface area contributed by atoms with Gasteiger partial charge in [-0.25, -0.2) is 0 Å². The molecule has 1 heterocycles. The van der Waals surface area contributed by atoms with Gasteiger partial charge in [0.25, 0.3) is 5.91 Å². The summed E-state index contributed by atoms with van der Waals surface area (Å²) in [6, 6.07) is 5.16. The standard InChI is InChI=1S/C18H26N2O4/c1-5-13(2)17(21)19-8-10-20(11-9-19)18(22)14-6-7-15(23-3)16(12-14)24-4/h6-7,12-13H,5,8-11H2,1-4H3. The van der Waals surface area contributed by atoms with Crippen LogP contribution in [-0.2, 0) is 4.79 Å². The molecule has 1 atom stereocenters. The molecule has 0 N–H and O–H groups in total. The smallest absolute Gasteiger partial charge is 0.254 e. The van der Waals surface area contributed by atoms with E-state index in [9.17, 15) is 9.59 Å². The Morgan fingerprint density at radius 2 is 1.62 bits per heavy atom. The molecule has 0 spiro atoms. The van der Waals surface area contributed by atoms with E-state index in [-0.39, 0.29) is 17.7 Å². The highest BCUT2D eigenvalue weighted by Crippen LogP contribution is 2.28. The topological polar surface area (TPSA) is 59.1 Å². The van der Waals surface area contributed by atoms with Crippen LogP contribution in [0.5, 0.6) is 11.5 Å². The van der Waals surface area contributed by atoms with Crippen molar-refractivity contribution in [1.29, 1.82) is 0 Å². The molecule has 2 amide bonds. The Bertz CT molecular complexity index is 595. The van der Waals surface area contributed by atoms with Gasteiger partial charge in [0.05, 0.1) is 14.2 Å². The lowest BCUT2D eigenvalue weighted by atomic mass is 10.1. The third kappa shape index (κ3) is 3.80. The van der Waals surface area contributed by atoms with E-state index in [0.717, 1.165) is 6.42 Å². The molecule has 0 saturated carbocycles. The zero-order valence-electron chi connectivity index (χ0n) is 14.9. The lowest BCUT2D eigenvalue weighted by Gasteiger charge is -2.36. The van der Waals surface area contributed by atoms with Gasteiger partial charge in [0.2, 0.25) is 5.91 Å². The molecule has 0 radical (unpaired) electrons. The first-order valence-electron chi connectivity index (χ1n) is 8.31. The van der Waals surface area contributed by atoms with E-state index in [4.69, 9.17) is 9.47 Å². The fraction of sp³-hybridized carbons (Fsp3) is 0.556. The highest BCUT2D eigenvalue weighted by atomic mass is 16.5. The van der Waals surface area contributed by atoms with Crippen molar-refractivity contribution in [3.8, 4) is 11.5 Å². The lowest BCUT2D eigenvalue weighted by Crippen LogP contribution is -2.51. The summed E-state index contributed by atoms with van der Waals surface area (Å²) in [6.45, 7) is 6.23. The maximum Gasteiger partial charge on any atom is 0.254 e. The molecule has 0 bridgehead atoms. The minimum Gasteiger partial charge on any atom is -0.493 e. The number of carbonyl (C=O) groups excluding carboxylic acids is 2. The molecule has 0 aromatic heterocycles. The molecule has 1 saturated heterocycles. The van der Waals surface area contributed by atoms with Gasteiger partial charge in [-0.05, 0) is 24.6 Å². The van der Waals surface area contributed by atoms with Gasteiger partial charge in [-0.1, -0.05) is 13.8 Å². The van der Waals surface area contributed by atoms with E-state index in [1.807, 2.05) is 18.7 Å². The van der Waals surface area contributed by atoms with Crippen LogP contribution in [0.3, 0.4) is 0 Å². The molecule has 1 unspecified atom stereocenters. The number of benzene rings is 1. The molecular formula is C18H26N2O4. The van der Waals surface area contributed by atoms with E-state index >= 15 is 0 Å².